The highest BCUT2D eigenvalue weighted by Crippen LogP contribution is 2.19. The van der Waals surface area contributed by atoms with Crippen molar-refractivity contribution in [2.45, 2.75) is 37.3 Å². The third kappa shape index (κ3) is 2.51. The van der Waals surface area contributed by atoms with E-state index in [2.05, 4.69) is 0 Å². The van der Waals surface area contributed by atoms with Gasteiger partial charge in [-0.05, 0) is 0 Å². The minimum absolute atomic E-state index is 0.0498. The Kier molecular flexibility index (Phi) is 3.77. The minimum Gasteiger partial charge on any atom is -0.354 e. The largest absolute Gasteiger partial charge is 0.354 e. The lowest BCUT2D eigenvalue weighted by Gasteiger charge is -2.07. The van der Waals surface area contributed by atoms with Crippen LogP contribution in [0.15, 0.2) is 0 Å². The van der Waals surface area contributed by atoms with Crippen molar-refractivity contribution in [1.29, 1.82) is 0 Å². The number of hydrogen-bond donors (Lipinski definition) is 4. The number of Topliss-reactive ketones (excluding diaryl/α,β-unsaturated/α-hetero) is 4. The second kappa shape index (κ2) is 4.65. The van der Waals surface area contributed by atoms with E-state index < -0.39 is 34.7 Å². The Balaban J connectivity index is 0.000000180. The zero-order chi connectivity index (χ0) is 14.1. The number of rotatable bonds is 0. The fraction of sp³-hybridized carbons (Fsp3) is 0.600. The van der Waals surface area contributed by atoms with E-state index in [1.54, 1.807) is 0 Å². The fourth-order valence-corrected chi connectivity index (χ4v) is 1.46. The van der Waals surface area contributed by atoms with Gasteiger partial charge in [0.25, 0.3) is 11.6 Å². The van der Waals surface area contributed by atoms with Crippen LogP contribution in [0.25, 0.3) is 0 Å². The van der Waals surface area contributed by atoms with Gasteiger partial charge in [0.1, 0.15) is 0 Å². The molecule has 0 heterocycles. The van der Waals surface area contributed by atoms with E-state index in [-0.39, 0.29) is 25.7 Å². The predicted molar refractivity (Wildman–Crippen MR) is 52.8 cm³/mol. The number of aliphatic hydroxyl groups is 4. The minimum atomic E-state index is -2.67. The maximum atomic E-state index is 10.4. The van der Waals surface area contributed by atoms with Crippen molar-refractivity contribution in [3.8, 4) is 0 Å². The SMILES string of the molecule is O=C1CCC(=O)C1(O)O.O=C1CCC(=O)C1(O)O. The molecule has 8 nitrogen and oxygen atoms in total. The smallest absolute Gasteiger partial charge is 0.285 e. The van der Waals surface area contributed by atoms with E-state index in [0.29, 0.717) is 0 Å². The quantitative estimate of drug-likeness (QED) is 0.269. The summed E-state index contributed by atoms with van der Waals surface area (Å²) in [6.07, 6.45) is -0.199. The molecule has 18 heavy (non-hydrogen) atoms. The fourth-order valence-electron chi connectivity index (χ4n) is 1.46. The number of carbonyl (C=O) groups excluding carboxylic acids is 4. The Morgan fingerprint density at radius 3 is 0.778 bits per heavy atom. The highest BCUT2D eigenvalue weighted by molar-refractivity contribution is 6.14. The maximum Gasteiger partial charge on any atom is 0.285 e. The Bertz CT molecular complexity index is 344. The molecule has 0 radical (unpaired) electrons. The van der Waals surface area contributed by atoms with Gasteiger partial charge in [-0.15, -0.1) is 0 Å². The maximum absolute atomic E-state index is 10.4. The van der Waals surface area contributed by atoms with Crippen LogP contribution in [-0.2, 0) is 19.2 Å². The molecule has 0 aromatic heterocycles. The van der Waals surface area contributed by atoms with Gasteiger partial charge in [-0.1, -0.05) is 0 Å². The molecular formula is C10H12O8. The predicted octanol–water partition coefficient (Wildman–Crippen LogP) is -2.80. The lowest BCUT2D eigenvalue weighted by molar-refractivity contribution is -0.182. The van der Waals surface area contributed by atoms with E-state index in [1.807, 2.05) is 0 Å². The zero-order valence-electron chi connectivity index (χ0n) is 9.25. The summed E-state index contributed by atoms with van der Waals surface area (Å²) in [5.74, 6) is -8.53. The van der Waals surface area contributed by atoms with Crippen LogP contribution in [0.1, 0.15) is 25.7 Å². The van der Waals surface area contributed by atoms with Crippen LogP contribution in [0.3, 0.4) is 0 Å². The Labute approximate surface area is 101 Å². The molecule has 100 valence electrons. The molecule has 0 spiro atoms. The van der Waals surface area contributed by atoms with Crippen molar-refractivity contribution in [2.24, 2.45) is 0 Å². The summed E-state index contributed by atoms with van der Waals surface area (Å²) in [7, 11) is 0. The molecule has 2 aliphatic carbocycles. The van der Waals surface area contributed by atoms with E-state index in [9.17, 15) is 19.2 Å². The molecular weight excluding hydrogens is 248 g/mol. The first-order chi connectivity index (χ1) is 8.10. The van der Waals surface area contributed by atoms with Gasteiger partial charge in [0.05, 0.1) is 0 Å². The number of ketones is 4. The normalized spacial score (nSPS) is 25.1. The van der Waals surface area contributed by atoms with Crippen LogP contribution in [-0.4, -0.2) is 55.1 Å². The second-order valence-corrected chi connectivity index (χ2v) is 4.04. The van der Waals surface area contributed by atoms with Gasteiger partial charge in [0.15, 0.2) is 23.1 Å². The Morgan fingerprint density at radius 2 is 0.722 bits per heavy atom. The van der Waals surface area contributed by atoms with Crippen LogP contribution in [0.4, 0.5) is 0 Å². The third-order valence-corrected chi connectivity index (χ3v) is 2.71. The van der Waals surface area contributed by atoms with Crippen molar-refractivity contribution < 1.29 is 39.6 Å². The monoisotopic (exact) mass is 260 g/mol. The van der Waals surface area contributed by atoms with Crippen LogP contribution in [0, 0.1) is 0 Å². The van der Waals surface area contributed by atoms with Gasteiger partial charge in [0.2, 0.25) is 0 Å². The molecule has 0 atom stereocenters. The first kappa shape index (κ1) is 14.6. The molecule has 2 saturated carbocycles. The van der Waals surface area contributed by atoms with Gasteiger partial charge >= 0.3 is 0 Å². The zero-order valence-corrected chi connectivity index (χ0v) is 9.25. The highest BCUT2D eigenvalue weighted by atomic mass is 16.5. The van der Waals surface area contributed by atoms with Crippen LogP contribution in [0.2, 0.25) is 0 Å². The summed E-state index contributed by atoms with van der Waals surface area (Å²) in [6.45, 7) is 0. The molecule has 0 amide bonds. The third-order valence-electron chi connectivity index (χ3n) is 2.71. The summed E-state index contributed by atoms with van der Waals surface area (Å²) < 4.78 is 0. The Morgan fingerprint density at radius 1 is 0.556 bits per heavy atom. The summed E-state index contributed by atoms with van der Waals surface area (Å²) >= 11 is 0. The first-order valence-electron chi connectivity index (χ1n) is 5.13. The van der Waals surface area contributed by atoms with Gasteiger partial charge < -0.3 is 20.4 Å². The van der Waals surface area contributed by atoms with Gasteiger partial charge in [-0.25, -0.2) is 0 Å². The van der Waals surface area contributed by atoms with Crippen LogP contribution in [0.5, 0.6) is 0 Å². The molecule has 2 fully saturated rings. The van der Waals surface area contributed by atoms with Crippen molar-refractivity contribution in [3.05, 3.63) is 0 Å². The lowest BCUT2D eigenvalue weighted by atomic mass is 10.2. The summed E-state index contributed by atoms with van der Waals surface area (Å²) in [5.41, 5.74) is 0. The van der Waals surface area contributed by atoms with E-state index in [4.69, 9.17) is 20.4 Å². The van der Waals surface area contributed by atoms with Crippen molar-refractivity contribution in [2.75, 3.05) is 0 Å². The van der Waals surface area contributed by atoms with Gasteiger partial charge in [-0.2, -0.15) is 0 Å². The number of carbonyl (C=O) groups is 4. The topological polar surface area (TPSA) is 149 Å². The summed E-state index contributed by atoms with van der Waals surface area (Å²) in [4.78, 5) is 41.5. The molecule has 8 heteroatoms. The molecule has 2 rings (SSSR count). The molecule has 0 saturated heterocycles. The van der Waals surface area contributed by atoms with E-state index in [0.717, 1.165) is 0 Å². The average molecular weight is 260 g/mol. The molecule has 0 aromatic carbocycles. The van der Waals surface area contributed by atoms with Crippen molar-refractivity contribution >= 4 is 23.1 Å². The van der Waals surface area contributed by atoms with Crippen molar-refractivity contribution in [3.63, 3.8) is 0 Å². The summed E-state index contributed by atoms with van der Waals surface area (Å²) in [6, 6.07) is 0. The van der Waals surface area contributed by atoms with E-state index in [1.165, 1.54) is 0 Å². The Hall–Kier alpha value is -1.48. The van der Waals surface area contributed by atoms with Crippen LogP contribution < -0.4 is 0 Å². The molecule has 0 unspecified atom stereocenters. The van der Waals surface area contributed by atoms with Gasteiger partial charge in [0, 0.05) is 25.7 Å². The van der Waals surface area contributed by atoms with Crippen LogP contribution >= 0.6 is 0 Å². The molecule has 0 aromatic rings. The lowest BCUT2D eigenvalue weighted by Crippen LogP contribution is -2.39. The summed E-state index contributed by atoms with van der Waals surface area (Å²) in [5, 5.41) is 34.4. The second-order valence-electron chi connectivity index (χ2n) is 4.04. The van der Waals surface area contributed by atoms with Crippen molar-refractivity contribution in [1.82, 2.24) is 0 Å². The van der Waals surface area contributed by atoms with E-state index >= 15 is 0 Å². The number of hydrogen-bond acceptors (Lipinski definition) is 8. The molecule has 0 bridgehead atoms. The molecule has 2 aliphatic rings. The average Bonchev–Trinajstić information content (AvgIpc) is 2.65. The molecule has 0 aliphatic heterocycles. The standard InChI is InChI=1S/2C5H6O4/c2*6-3-1-2-4(7)5(3,8)9/h2*8-9H,1-2H2. The first-order valence-corrected chi connectivity index (χ1v) is 5.13. The highest BCUT2D eigenvalue weighted by Gasteiger charge is 2.46. The molecule has 4 N–H and O–H groups in total. The van der Waals surface area contributed by atoms with Gasteiger partial charge in [-0.3, -0.25) is 19.2 Å².